The lowest BCUT2D eigenvalue weighted by molar-refractivity contribution is -0.116. The van der Waals surface area contributed by atoms with Crippen molar-refractivity contribution in [2.75, 3.05) is 18.5 Å². The number of hydrogen-bond acceptors (Lipinski definition) is 3. The average molecular weight is 320 g/mol. The van der Waals surface area contributed by atoms with Crippen molar-refractivity contribution in [2.45, 2.75) is 38.6 Å². The van der Waals surface area contributed by atoms with Crippen LogP contribution >= 0.6 is 0 Å². The SMILES string of the molecule is CC1CCC(CO)CN1C(=O)c1cc2c(cc1F)NC(=O)CC2. The number of halogens is 1. The summed E-state index contributed by atoms with van der Waals surface area (Å²) in [5.41, 5.74) is 1.29. The molecule has 0 bridgehead atoms. The van der Waals surface area contributed by atoms with Gasteiger partial charge in [0.15, 0.2) is 0 Å². The second-order valence-corrected chi connectivity index (χ2v) is 6.47. The van der Waals surface area contributed by atoms with E-state index in [0.717, 1.165) is 18.4 Å². The molecule has 124 valence electrons. The number of likely N-dealkylation sites (tertiary alicyclic amines) is 1. The first-order valence-electron chi connectivity index (χ1n) is 8.03. The Labute approximate surface area is 134 Å². The number of fused-ring (bicyclic) bond motifs is 1. The number of carbonyl (C=O) groups is 2. The first-order valence-corrected chi connectivity index (χ1v) is 8.03. The van der Waals surface area contributed by atoms with Crippen molar-refractivity contribution in [1.29, 1.82) is 0 Å². The van der Waals surface area contributed by atoms with E-state index in [1.54, 1.807) is 11.0 Å². The van der Waals surface area contributed by atoms with Gasteiger partial charge in [0, 0.05) is 31.3 Å². The fourth-order valence-corrected chi connectivity index (χ4v) is 3.34. The Hall–Kier alpha value is -1.95. The van der Waals surface area contributed by atoms with Crippen molar-refractivity contribution < 1.29 is 19.1 Å². The number of aliphatic hydroxyl groups is 1. The minimum atomic E-state index is -0.616. The third-order valence-electron chi connectivity index (χ3n) is 4.82. The summed E-state index contributed by atoms with van der Waals surface area (Å²) >= 11 is 0. The van der Waals surface area contributed by atoms with Crippen molar-refractivity contribution in [3.63, 3.8) is 0 Å². The van der Waals surface area contributed by atoms with Gasteiger partial charge in [-0.05, 0) is 49.8 Å². The highest BCUT2D eigenvalue weighted by atomic mass is 19.1. The second kappa shape index (κ2) is 6.28. The molecular weight excluding hydrogens is 299 g/mol. The third-order valence-corrected chi connectivity index (χ3v) is 4.82. The number of carbonyl (C=O) groups excluding carboxylic acids is 2. The normalized spacial score (nSPS) is 24.1. The minimum absolute atomic E-state index is 0.0282. The zero-order valence-electron chi connectivity index (χ0n) is 13.1. The smallest absolute Gasteiger partial charge is 0.257 e. The number of nitrogens with zero attached hydrogens (tertiary/aromatic N) is 1. The molecule has 1 aromatic carbocycles. The largest absolute Gasteiger partial charge is 0.396 e. The molecule has 2 atom stereocenters. The molecule has 2 amide bonds. The number of piperidine rings is 1. The number of benzene rings is 1. The predicted octanol–water partition coefficient (Wildman–Crippen LogP) is 1.94. The lowest BCUT2D eigenvalue weighted by Gasteiger charge is -2.37. The first kappa shape index (κ1) is 15.9. The molecule has 0 aromatic heterocycles. The van der Waals surface area contributed by atoms with Crippen LogP contribution in [0, 0.1) is 11.7 Å². The lowest BCUT2D eigenvalue weighted by Crippen LogP contribution is -2.46. The maximum Gasteiger partial charge on any atom is 0.257 e. The van der Waals surface area contributed by atoms with Crippen molar-refractivity contribution in [3.05, 3.63) is 29.1 Å². The van der Waals surface area contributed by atoms with Gasteiger partial charge in [-0.3, -0.25) is 9.59 Å². The van der Waals surface area contributed by atoms with Crippen LogP contribution in [0.25, 0.3) is 0 Å². The number of nitrogens with one attached hydrogen (secondary N) is 1. The number of aliphatic hydroxyl groups excluding tert-OH is 1. The Balaban J connectivity index is 1.88. The average Bonchev–Trinajstić information content (AvgIpc) is 2.54. The highest BCUT2D eigenvalue weighted by molar-refractivity contribution is 5.98. The Bertz CT molecular complexity index is 647. The predicted molar refractivity (Wildman–Crippen MR) is 83.7 cm³/mol. The summed E-state index contributed by atoms with van der Waals surface area (Å²) in [5, 5.41) is 12.0. The van der Waals surface area contributed by atoms with E-state index in [1.807, 2.05) is 6.92 Å². The maximum absolute atomic E-state index is 14.4. The summed E-state index contributed by atoms with van der Waals surface area (Å²) < 4.78 is 14.4. The molecule has 2 heterocycles. The van der Waals surface area contributed by atoms with Crippen molar-refractivity contribution in [3.8, 4) is 0 Å². The maximum atomic E-state index is 14.4. The third kappa shape index (κ3) is 3.08. The molecule has 0 radical (unpaired) electrons. The van der Waals surface area contributed by atoms with Crippen molar-refractivity contribution in [1.82, 2.24) is 4.90 Å². The van der Waals surface area contributed by atoms with Crippen LogP contribution in [0.15, 0.2) is 12.1 Å². The molecule has 5 nitrogen and oxygen atoms in total. The van der Waals surface area contributed by atoms with Gasteiger partial charge >= 0.3 is 0 Å². The van der Waals surface area contributed by atoms with Gasteiger partial charge in [-0.15, -0.1) is 0 Å². The summed E-state index contributed by atoms with van der Waals surface area (Å²) in [6.07, 6.45) is 2.54. The Morgan fingerprint density at radius 2 is 2.17 bits per heavy atom. The summed E-state index contributed by atoms with van der Waals surface area (Å²) in [7, 11) is 0. The monoisotopic (exact) mass is 320 g/mol. The van der Waals surface area contributed by atoms with Gasteiger partial charge in [0.05, 0.1) is 5.56 Å². The molecule has 2 aliphatic rings. The van der Waals surface area contributed by atoms with E-state index in [0.29, 0.717) is 25.1 Å². The first-order chi connectivity index (χ1) is 11.0. The number of anilines is 1. The van der Waals surface area contributed by atoms with E-state index < -0.39 is 5.82 Å². The van der Waals surface area contributed by atoms with E-state index >= 15 is 0 Å². The highest BCUT2D eigenvalue weighted by Crippen LogP contribution is 2.29. The number of hydrogen-bond donors (Lipinski definition) is 2. The summed E-state index contributed by atoms with van der Waals surface area (Å²) in [5.74, 6) is -1.04. The van der Waals surface area contributed by atoms with Crippen LogP contribution in [-0.4, -0.2) is 41.0 Å². The van der Waals surface area contributed by atoms with Crippen LogP contribution in [0.5, 0.6) is 0 Å². The minimum Gasteiger partial charge on any atom is -0.396 e. The molecule has 1 saturated heterocycles. The molecule has 2 aliphatic heterocycles. The fourth-order valence-electron chi connectivity index (χ4n) is 3.34. The van der Waals surface area contributed by atoms with E-state index in [9.17, 15) is 19.1 Å². The molecule has 2 unspecified atom stereocenters. The summed E-state index contributed by atoms with van der Waals surface area (Å²) in [6.45, 7) is 2.43. The van der Waals surface area contributed by atoms with Crippen LogP contribution in [0.3, 0.4) is 0 Å². The second-order valence-electron chi connectivity index (χ2n) is 6.47. The molecule has 0 spiro atoms. The van der Waals surface area contributed by atoms with Crippen LogP contribution in [0.1, 0.15) is 42.1 Å². The van der Waals surface area contributed by atoms with Gasteiger partial charge in [0.1, 0.15) is 5.82 Å². The summed E-state index contributed by atoms with van der Waals surface area (Å²) in [6, 6.07) is 2.82. The molecule has 0 saturated carbocycles. The van der Waals surface area contributed by atoms with Crippen LogP contribution in [-0.2, 0) is 11.2 Å². The van der Waals surface area contributed by atoms with Crippen LogP contribution in [0.4, 0.5) is 10.1 Å². The fraction of sp³-hybridized carbons (Fsp3) is 0.529. The van der Waals surface area contributed by atoms with Gasteiger partial charge in [0.2, 0.25) is 5.91 Å². The van der Waals surface area contributed by atoms with Gasteiger partial charge in [0.25, 0.3) is 5.91 Å². The summed E-state index contributed by atoms with van der Waals surface area (Å²) in [4.78, 5) is 25.8. The molecular formula is C17H21FN2O3. The molecule has 1 fully saturated rings. The number of rotatable bonds is 2. The van der Waals surface area contributed by atoms with Crippen molar-refractivity contribution >= 4 is 17.5 Å². The Kier molecular flexibility index (Phi) is 4.35. The van der Waals surface area contributed by atoms with Crippen LogP contribution < -0.4 is 5.32 Å². The van der Waals surface area contributed by atoms with Gasteiger partial charge in [-0.25, -0.2) is 4.39 Å². The molecule has 0 aliphatic carbocycles. The van der Waals surface area contributed by atoms with E-state index in [-0.39, 0.29) is 35.9 Å². The van der Waals surface area contributed by atoms with Gasteiger partial charge < -0.3 is 15.3 Å². The Morgan fingerprint density at radius 1 is 1.39 bits per heavy atom. The molecule has 3 rings (SSSR count). The molecule has 23 heavy (non-hydrogen) atoms. The van der Waals surface area contributed by atoms with Gasteiger partial charge in [-0.1, -0.05) is 0 Å². The molecule has 2 N–H and O–H groups in total. The highest BCUT2D eigenvalue weighted by Gasteiger charge is 2.31. The van der Waals surface area contributed by atoms with Crippen LogP contribution in [0.2, 0.25) is 0 Å². The number of amides is 2. The quantitative estimate of drug-likeness (QED) is 0.875. The topological polar surface area (TPSA) is 69.6 Å². The Morgan fingerprint density at radius 3 is 2.91 bits per heavy atom. The number of aryl methyl sites for hydroxylation is 1. The van der Waals surface area contributed by atoms with E-state index in [1.165, 1.54) is 6.07 Å². The lowest BCUT2D eigenvalue weighted by atomic mass is 9.92. The molecule has 1 aromatic rings. The van der Waals surface area contributed by atoms with E-state index in [2.05, 4.69) is 5.32 Å². The zero-order chi connectivity index (χ0) is 16.6. The standard InChI is InChI=1S/C17H21FN2O3/c1-10-2-3-11(9-21)8-20(10)17(23)13-6-12-4-5-16(22)19-15(12)7-14(13)18/h6-7,10-11,21H,2-5,8-9H2,1H3,(H,19,22). The zero-order valence-corrected chi connectivity index (χ0v) is 13.1. The molecule has 6 heteroatoms. The van der Waals surface area contributed by atoms with Gasteiger partial charge in [-0.2, -0.15) is 0 Å². The van der Waals surface area contributed by atoms with Crippen molar-refractivity contribution in [2.24, 2.45) is 5.92 Å². The van der Waals surface area contributed by atoms with E-state index in [4.69, 9.17) is 0 Å².